The molecule has 0 atom stereocenters. The third-order valence-corrected chi connectivity index (χ3v) is 3.42. The number of carbonyl (C=O) groups excluding carboxylic acids is 1. The number of aromatic nitrogens is 3. The number of nitrogens with zero attached hydrogens (tertiary/aromatic N) is 4. The van der Waals surface area contributed by atoms with Crippen molar-refractivity contribution in [2.75, 3.05) is 26.2 Å². The normalized spacial score (nSPS) is 16.6. The fourth-order valence-corrected chi connectivity index (χ4v) is 2.35. The average Bonchev–Trinajstić information content (AvgIpc) is 3.11. The number of aromatic amines is 1. The maximum Gasteiger partial charge on any atom is 0.270 e. The van der Waals surface area contributed by atoms with Gasteiger partial charge in [-0.05, 0) is 12.1 Å². The van der Waals surface area contributed by atoms with Crippen LogP contribution in [0.3, 0.4) is 0 Å². The predicted molar refractivity (Wildman–Crippen MR) is 71.0 cm³/mol. The second-order valence-corrected chi connectivity index (χ2v) is 4.88. The highest BCUT2D eigenvalue weighted by molar-refractivity contribution is 5.92. The molecule has 1 N–H and O–H groups in total. The second-order valence-electron chi connectivity index (χ2n) is 4.88. The summed E-state index contributed by atoms with van der Waals surface area (Å²) in [5.41, 5.74) is 0.646. The van der Waals surface area contributed by atoms with Gasteiger partial charge >= 0.3 is 0 Å². The van der Waals surface area contributed by atoms with E-state index in [1.807, 2.05) is 11.0 Å². The smallest absolute Gasteiger partial charge is 0.270 e. The van der Waals surface area contributed by atoms with E-state index in [4.69, 9.17) is 4.52 Å². The van der Waals surface area contributed by atoms with Crippen LogP contribution >= 0.6 is 0 Å². The van der Waals surface area contributed by atoms with Gasteiger partial charge in [-0.25, -0.2) is 0 Å². The predicted octanol–water partition coefficient (Wildman–Crippen LogP) is 0.664. The molecule has 1 saturated heterocycles. The number of amides is 1. The van der Waals surface area contributed by atoms with Gasteiger partial charge in [0.2, 0.25) is 5.89 Å². The van der Waals surface area contributed by atoms with Crippen molar-refractivity contribution in [1.82, 2.24) is 24.9 Å². The maximum absolute atomic E-state index is 12.2. The van der Waals surface area contributed by atoms with Crippen molar-refractivity contribution in [2.24, 2.45) is 0 Å². The number of H-pyrrole nitrogens is 1. The fraction of sp³-hybridized carbons (Fsp3) is 0.462. The van der Waals surface area contributed by atoms with E-state index >= 15 is 0 Å². The van der Waals surface area contributed by atoms with Crippen molar-refractivity contribution in [3.8, 4) is 0 Å². The minimum absolute atomic E-state index is 0.0602. The lowest BCUT2D eigenvalue weighted by Crippen LogP contribution is -2.48. The number of aryl methyl sites for hydroxylation is 1. The topological polar surface area (TPSA) is 78.3 Å². The van der Waals surface area contributed by atoms with Gasteiger partial charge < -0.3 is 14.4 Å². The monoisotopic (exact) mass is 275 g/mol. The lowest BCUT2D eigenvalue weighted by atomic mass is 10.2. The van der Waals surface area contributed by atoms with Crippen molar-refractivity contribution in [3.05, 3.63) is 35.7 Å². The molecule has 0 aliphatic carbocycles. The zero-order valence-corrected chi connectivity index (χ0v) is 11.4. The van der Waals surface area contributed by atoms with Gasteiger partial charge in [-0.1, -0.05) is 5.16 Å². The number of rotatable bonds is 3. The number of piperazine rings is 1. The molecule has 0 bridgehead atoms. The minimum atomic E-state index is 0.0602. The Morgan fingerprint density at radius 1 is 1.40 bits per heavy atom. The Labute approximate surface area is 116 Å². The molecule has 2 aromatic rings. The molecule has 7 nitrogen and oxygen atoms in total. The van der Waals surface area contributed by atoms with Gasteiger partial charge in [0.05, 0.1) is 6.54 Å². The highest BCUT2D eigenvalue weighted by Gasteiger charge is 2.23. The van der Waals surface area contributed by atoms with Crippen LogP contribution in [0, 0.1) is 6.92 Å². The van der Waals surface area contributed by atoms with Crippen LogP contribution < -0.4 is 0 Å². The summed E-state index contributed by atoms with van der Waals surface area (Å²) >= 11 is 0. The molecule has 0 aromatic carbocycles. The van der Waals surface area contributed by atoms with Gasteiger partial charge in [0.1, 0.15) is 5.69 Å². The molecule has 0 unspecified atom stereocenters. The Balaban J connectivity index is 1.53. The third kappa shape index (κ3) is 2.72. The first-order chi connectivity index (χ1) is 9.72. The molecule has 1 amide bonds. The highest BCUT2D eigenvalue weighted by Crippen LogP contribution is 2.09. The van der Waals surface area contributed by atoms with Crippen LogP contribution in [-0.4, -0.2) is 57.0 Å². The van der Waals surface area contributed by atoms with E-state index < -0.39 is 0 Å². The summed E-state index contributed by atoms with van der Waals surface area (Å²) in [7, 11) is 0. The van der Waals surface area contributed by atoms with Crippen LogP contribution in [0.15, 0.2) is 22.9 Å². The summed E-state index contributed by atoms with van der Waals surface area (Å²) in [6, 6.07) is 3.64. The van der Waals surface area contributed by atoms with Crippen LogP contribution in [0.2, 0.25) is 0 Å². The Kier molecular flexibility index (Phi) is 3.51. The zero-order valence-electron chi connectivity index (χ0n) is 11.4. The zero-order chi connectivity index (χ0) is 13.9. The van der Waals surface area contributed by atoms with Crippen LogP contribution in [0.5, 0.6) is 0 Å². The first-order valence-corrected chi connectivity index (χ1v) is 6.66. The average molecular weight is 275 g/mol. The molecule has 7 heteroatoms. The van der Waals surface area contributed by atoms with Crippen molar-refractivity contribution < 1.29 is 9.32 Å². The molecule has 106 valence electrons. The van der Waals surface area contributed by atoms with E-state index in [1.54, 1.807) is 19.2 Å². The van der Waals surface area contributed by atoms with Crippen molar-refractivity contribution >= 4 is 5.91 Å². The van der Waals surface area contributed by atoms with E-state index in [0.29, 0.717) is 37.0 Å². The van der Waals surface area contributed by atoms with E-state index in [-0.39, 0.29) is 5.91 Å². The van der Waals surface area contributed by atoms with Crippen LogP contribution in [-0.2, 0) is 6.54 Å². The third-order valence-electron chi connectivity index (χ3n) is 3.42. The van der Waals surface area contributed by atoms with Gasteiger partial charge in [-0.15, -0.1) is 0 Å². The lowest BCUT2D eigenvalue weighted by molar-refractivity contribution is 0.0619. The van der Waals surface area contributed by atoms with Crippen molar-refractivity contribution in [2.45, 2.75) is 13.5 Å². The maximum atomic E-state index is 12.2. The quantitative estimate of drug-likeness (QED) is 0.890. The van der Waals surface area contributed by atoms with Crippen LogP contribution in [0.25, 0.3) is 0 Å². The summed E-state index contributed by atoms with van der Waals surface area (Å²) in [5, 5.41) is 3.89. The van der Waals surface area contributed by atoms with E-state index in [9.17, 15) is 4.79 Å². The summed E-state index contributed by atoms with van der Waals surface area (Å²) in [6.07, 6.45) is 1.77. The van der Waals surface area contributed by atoms with Gasteiger partial charge in [-0.2, -0.15) is 4.98 Å². The Morgan fingerprint density at radius 2 is 2.20 bits per heavy atom. The summed E-state index contributed by atoms with van der Waals surface area (Å²) in [6.45, 7) is 5.52. The summed E-state index contributed by atoms with van der Waals surface area (Å²) < 4.78 is 4.96. The second kappa shape index (κ2) is 5.46. The first-order valence-electron chi connectivity index (χ1n) is 6.66. The van der Waals surface area contributed by atoms with Gasteiger partial charge in [0.25, 0.3) is 5.91 Å². The van der Waals surface area contributed by atoms with E-state index in [2.05, 4.69) is 20.0 Å². The molecule has 1 aliphatic heterocycles. The molecule has 1 aliphatic rings. The number of hydrogen-bond donors (Lipinski definition) is 1. The molecule has 0 spiro atoms. The lowest BCUT2D eigenvalue weighted by Gasteiger charge is -2.33. The van der Waals surface area contributed by atoms with Crippen LogP contribution in [0.4, 0.5) is 0 Å². The van der Waals surface area contributed by atoms with Gasteiger partial charge in [0, 0.05) is 39.3 Å². The Bertz CT molecular complexity index is 569. The Hall–Kier alpha value is -2.15. The summed E-state index contributed by atoms with van der Waals surface area (Å²) in [4.78, 5) is 23.4. The first kappa shape index (κ1) is 12.9. The SMILES string of the molecule is Cc1nc(CN2CCN(C(=O)c3ccc[nH]3)CC2)no1. The minimum Gasteiger partial charge on any atom is -0.357 e. The molecule has 3 heterocycles. The summed E-state index contributed by atoms with van der Waals surface area (Å²) in [5.74, 6) is 1.34. The standard InChI is InChI=1S/C13H17N5O2/c1-10-15-12(16-20-10)9-17-5-7-18(8-6-17)13(19)11-3-2-4-14-11/h2-4,14H,5-9H2,1H3. The van der Waals surface area contributed by atoms with Gasteiger partial charge in [-0.3, -0.25) is 9.69 Å². The Morgan fingerprint density at radius 3 is 2.80 bits per heavy atom. The molecule has 3 rings (SSSR count). The van der Waals surface area contributed by atoms with Crippen molar-refractivity contribution in [1.29, 1.82) is 0 Å². The fourth-order valence-electron chi connectivity index (χ4n) is 2.35. The molecule has 1 fully saturated rings. The molecule has 20 heavy (non-hydrogen) atoms. The molecule has 2 aromatic heterocycles. The molecular formula is C13H17N5O2. The van der Waals surface area contributed by atoms with Gasteiger partial charge in [0.15, 0.2) is 5.82 Å². The molecular weight excluding hydrogens is 258 g/mol. The van der Waals surface area contributed by atoms with E-state index in [0.717, 1.165) is 13.1 Å². The molecule has 0 saturated carbocycles. The van der Waals surface area contributed by atoms with E-state index in [1.165, 1.54) is 0 Å². The highest BCUT2D eigenvalue weighted by atomic mass is 16.5. The number of carbonyl (C=O) groups is 1. The van der Waals surface area contributed by atoms with Crippen LogP contribution in [0.1, 0.15) is 22.2 Å². The number of nitrogens with one attached hydrogen (secondary N) is 1. The largest absolute Gasteiger partial charge is 0.357 e. The molecule has 0 radical (unpaired) electrons. The van der Waals surface area contributed by atoms with Crippen molar-refractivity contribution in [3.63, 3.8) is 0 Å². The number of hydrogen-bond acceptors (Lipinski definition) is 5.